The van der Waals surface area contributed by atoms with Crippen molar-refractivity contribution < 1.29 is 0 Å². The summed E-state index contributed by atoms with van der Waals surface area (Å²) in [6.45, 7) is 5.55. The molecule has 1 fully saturated rings. The Morgan fingerprint density at radius 3 is 2.95 bits per heavy atom. The zero-order valence-corrected chi connectivity index (χ0v) is 13.2. The second-order valence-electron chi connectivity index (χ2n) is 6.68. The predicted octanol–water partition coefficient (Wildman–Crippen LogP) is 5.17. The van der Waals surface area contributed by atoms with Gasteiger partial charge in [0.25, 0.3) is 0 Å². The highest BCUT2D eigenvalue weighted by Crippen LogP contribution is 2.31. The molecule has 0 radical (unpaired) electrons. The van der Waals surface area contributed by atoms with Crippen molar-refractivity contribution in [1.29, 1.82) is 0 Å². The fraction of sp³-hybridized carbons (Fsp3) is 0.526. The Hall–Kier alpha value is -1.57. The van der Waals surface area contributed by atoms with Gasteiger partial charge in [-0.25, -0.2) is 0 Å². The SMILES string of the molecule is Cc1cc(NCCC2CCCC(C)C2)c2ccccc2n1. The molecular weight excluding hydrogens is 256 g/mol. The van der Waals surface area contributed by atoms with E-state index in [1.807, 2.05) is 0 Å². The van der Waals surface area contributed by atoms with Crippen LogP contribution in [-0.4, -0.2) is 11.5 Å². The number of anilines is 1. The van der Waals surface area contributed by atoms with Crippen LogP contribution in [0.15, 0.2) is 30.3 Å². The van der Waals surface area contributed by atoms with Gasteiger partial charge in [0, 0.05) is 23.3 Å². The minimum Gasteiger partial charge on any atom is -0.384 e. The number of pyridine rings is 1. The lowest BCUT2D eigenvalue weighted by Gasteiger charge is -2.26. The van der Waals surface area contributed by atoms with Crippen LogP contribution in [0.5, 0.6) is 0 Å². The molecule has 1 aromatic heterocycles. The highest BCUT2D eigenvalue weighted by Gasteiger charge is 2.18. The van der Waals surface area contributed by atoms with Gasteiger partial charge in [0.15, 0.2) is 0 Å². The van der Waals surface area contributed by atoms with Gasteiger partial charge in [0.05, 0.1) is 5.52 Å². The lowest BCUT2D eigenvalue weighted by molar-refractivity contribution is 0.274. The molecule has 1 saturated carbocycles. The summed E-state index contributed by atoms with van der Waals surface area (Å²) in [6, 6.07) is 10.6. The number of benzene rings is 1. The summed E-state index contributed by atoms with van der Waals surface area (Å²) in [7, 11) is 0. The molecule has 0 saturated heterocycles. The van der Waals surface area contributed by atoms with Crippen molar-refractivity contribution in [2.24, 2.45) is 11.8 Å². The first-order valence-corrected chi connectivity index (χ1v) is 8.32. The normalized spacial score (nSPS) is 22.4. The molecule has 1 N–H and O–H groups in total. The van der Waals surface area contributed by atoms with Gasteiger partial charge in [-0.2, -0.15) is 0 Å². The second kappa shape index (κ2) is 6.46. The molecule has 3 rings (SSSR count). The van der Waals surface area contributed by atoms with E-state index < -0.39 is 0 Å². The number of aromatic nitrogens is 1. The van der Waals surface area contributed by atoms with Crippen LogP contribution in [0.25, 0.3) is 10.9 Å². The maximum Gasteiger partial charge on any atom is 0.0725 e. The van der Waals surface area contributed by atoms with Crippen molar-refractivity contribution in [2.75, 3.05) is 11.9 Å². The number of aryl methyl sites for hydroxylation is 1. The molecule has 0 aliphatic heterocycles. The molecule has 2 aromatic rings. The van der Waals surface area contributed by atoms with E-state index in [9.17, 15) is 0 Å². The maximum absolute atomic E-state index is 4.60. The van der Waals surface area contributed by atoms with Gasteiger partial charge in [-0.05, 0) is 43.7 Å². The topological polar surface area (TPSA) is 24.9 Å². The molecular formula is C19H26N2. The highest BCUT2D eigenvalue weighted by atomic mass is 14.9. The van der Waals surface area contributed by atoms with E-state index in [0.29, 0.717) is 0 Å². The fourth-order valence-electron chi connectivity index (χ4n) is 3.69. The summed E-state index contributed by atoms with van der Waals surface area (Å²) < 4.78 is 0. The Labute approximate surface area is 128 Å². The molecule has 0 amide bonds. The third-order valence-electron chi connectivity index (χ3n) is 4.76. The van der Waals surface area contributed by atoms with E-state index in [0.717, 1.165) is 29.6 Å². The number of rotatable bonds is 4. The molecule has 1 aromatic carbocycles. The third-order valence-corrected chi connectivity index (χ3v) is 4.76. The Balaban J connectivity index is 1.65. The van der Waals surface area contributed by atoms with E-state index in [1.54, 1.807) is 0 Å². The molecule has 2 atom stereocenters. The van der Waals surface area contributed by atoms with E-state index in [2.05, 4.69) is 54.5 Å². The van der Waals surface area contributed by atoms with Gasteiger partial charge in [-0.3, -0.25) is 4.98 Å². The molecule has 1 aliphatic carbocycles. The van der Waals surface area contributed by atoms with Crippen molar-refractivity contribution >= 4 is 16.6 Å². The quantitative estimate of drug-likeness (QED) is 0.836. The summed E-state index contributed by atoms with van der Waals surface area (Å²) in [5.41, 5.74) is 3.41. The van der Waals surface area contributed by atoms with Crippen LogP contribution in [0.1, 0.15) is 44.7 Å². The van der Waals surface area contributed by atoms with Crippen molar-refractivity contribution in [1.82, 2.24) is 4.98 Å². The lowest BCUT2D eigenvalue weighted by atomic mass is 9.81. The molecule has 112 valence electrons. The molecule has 0 spiro atoms. The standard InChI is InChI=1S/C19H26N2/c1-14-6-5-7-16(12-14)10-11-20-19-13-15(2)21-18-9-4-3-8-17(18)19/h3-4,8-9,13-14,16H,5-7,10-12H2,1-2H3,(H,20,21). The largest absolute Gasteiger partial charge is 0.384 e. The van der Waals surface area contributed by atoms with Crippen LogP contribution < -0.4 is 5.32 Å². The minimum absolute atomic E-state index is 0.912. The van der Waals surface area contributed by atoms with Crippen LogP contribution >= 0.6 is 0 Å². The van der Waals surface area contributed by atoms with Crippen LogP contribution in [0, 0.1) is 18.8 Å². The monoisotopic (exact) mass is 282 g/mol. The number of para-hydroxylation sites is 1. The van der Waals surface area contributed by atoms with Crippen LogP contribution in [0.3, 0.4) is 0 Å². The van der Waals surface area contributed by atoms with Crippen molar-refractivity contribution in [3.05, 3.63) is 36.0 Å². The first-order chi connectivity index (χ1) is 10.2. The number of hydrogen-bond acceptors (Lipinski definition) is 2. The highest BCUT2D eigenvalue weighted by molar-refractivity contribution is 5.91. The zero-order valence-electron chi connectivity index (χ0n) is 13.2. The van der Waals surface area contributed by atoms with E-state index in [4.69, 9.17) is 0 Å². The van der Waals surface area contributed by atoms with Crippen LogP contribution in [0.4, 0.5) is 5.69 Å². The average molecular weight is 282 g/mol. The summed E-state index contributed by atoms with van der Waals surface area (Å²) >= 11 is 0. The van der Waals surface area contributed by atoms with E-state index >= 15 is 0 Å². The number of nitrogens with zero attached hydrogens (tertiary/aromatic N) is 1. The molecule has 0 bridgehead atoms. The Kier molecular flexibility index (Phi) is 4.42. The molecule has 2 nitrogen and oxygen atoms in total. The smallest absolute Gasteiger partial charge is 0.0725 e. The molecule has 2 heteroatoms. The Morgan fingerprint density at radius 1 is 1.24 bits per heavy atom. The lowest BCUT2D eigenvalue weighted by Crippen LogP contribution is -2.16. The predicted molar refractivity (Wildman–Crippen MR) is 90.7 cm³/mol. The average Bonchev–Trinajstić information content (AvgIpc) is 2.47. The number of fused-ring (bicyclic) bond motifs is 1. The second-order valence-corrected chi connectivity index (χ2v) is 6.68. The van der Waals surface area contributed by atoms with E-state index in [1.165, 1.54) is 43.2 Å². The van der Waals surface area contributed by atoms with Crippen molar-refractivity contribution in [3.8, 4) is 0 Å². The van der Waals surface area contributed by atoms with Gasteiger partial charge >= 0.3 is 0 Å². The first kappa shape index (κ1) is 14.4. The first-order valence-electron chi connectivity index (χ1n) is 8.32. The number of nitrogens with one attached hydrogen (secondary N) is 1. The molecule has 21 heavy (non-hydrogen) atoms. The Bertz CT molecular complexity index is 606. The summed E-state index contributed by atoms with van der Waals surface area (Å²) in [6.07, 6.45) is 6.97. The van der Waals surface area contributed by atoms with Crippen molar-refractivity contribution in [3.63, 3.8) is 0 Å². The summed E-state index contributed by atoms with van der Waals surface area (Å²) in [5.74, 6) is 1.84. The molecule has 2 unspecified atom stereocenters. The van der Waals surface area contributed by atoms with E-state index in [-0.39, 0.29) is 0 Å². The Morgan fingerprint density at radius 2 is 2.10 bits per heavy atom. The molecule has 1 heterocycles. The third kappa shape index (κ3) is 3.55. The summed E-state index contributed by atoms with van der Waals surface area (Å²) in [4.78, 5) is 4.60. The van der Waals surface area contributed by atoms with Gasteiger partial charge < -0.3 is 5.32 Å². The van der Waals surface area contributed by atoms with Gasteiger partial charge in [0.2, 0.25) is 0 Å². The number of hydrogen-bond donors (Lipinski definition) is 1. The zero-order chi connectivity index (χ0) is 14.7. The van der Waals surface area contributed by atoms with Gasteiger partial charge in [-0.15, -0.1) is 0 Å². The minimum atomic E-state index is 0.912. The van der Waals surface area contributed by atoms with Gasteiger partial charge in [-0.1, -0.05) is 44.4 Å². The molecule has 1 aliphatic rings. The summed E-state index contributed by atoms with van der Waals surface area (Å²) in [5, 5.41) is 4.89. The van der Waals surface area contributed by atoms with Crippen LogP contribution in [-0.2, 0) is 0 Å². The van der Waals surface area contributed by atoms with Gasteiger partial charge in [0.1, 0.15) is 0 Å². The maximum atomic E-state index is 4.60. The fourth-order valence-corrected chi connectivity index (χ4v) is 3.69. The van der Waals surface area contributed by atoms with Crippen molar-refractivity contribution in [2.45, 2.75) is 46.0 Å². The van der Waals surface area contributed by atoms with Crippen LogP contribution in [0.2, 0.25) is 0 Å².